The number of likely N-dealkylation sites (tertiary alicyclic amines) is 1. The van der Waals surface area contributed by atoms with Crippen LogP contribution in [0.3, 0.4) is 0 Å². The van der Waals surface area contributed by atoms with Crippen LogP contribution in [0.15, 0.2) is 29.3 Å². The molecule has 0 bridgehead atoms. The normalized spacial score (nSPS) is 16.9. The van der Waals surface area contributed by atoms with Crippen molar-refractivity contribution in [3.8, 4) is 0 Å². The average molecular weight is 498 g/mol. The largest absolute Gasteiger partial charge is 0.416 e. The zero-order valence-corrected chi connectivity index (χ0v) is 18.5. The summed E-state index contributed by atoms with van der Waals surface area (Å²) in [5.74, 6) is 0.660. The van der Waals surface area contributed by atoms with E-state index in [1.807, 2.05) is 6.92 Å². The minimum absolute atomic E-state index is 0. The molecule has 0 atom stereocenters. The standard InChI is InChI=1S/C19H29F3N4.HI/c1-4-23-18(25-17-8-10-26(11-9-17)14(2)3)24-13-15-6-5-7-16(12-15)19(20,21)22;/h5-7,12,14,17H,4,8-11,13H2,1-3H3,(H2,23,24,25);1H. The molecular formula is C19H30F3IN4. The Labute approximate surface area is 177 Å². The zero-order chi connectivity index (χ0) is 19.2. The topological polar surface area (TPSA) is 39.7 Å². The molecule has 1 saturated heterocycles. The van der Waals surface area contributed by atoms with Crippen molar-refractivity contribution < 1.29 is 13.2 Å². The lowest BCUT2D eigenvalue weighted by Gasteiger charge is -2.35. The van der Waals surface area contributed by atoms with Crippen molar-refractivity contribution in [3.63, 3.8) is 0 Å². The minimum Gasteiger partial charge on any atom is -0.357 e. The van der Waals surface area contributed by atoms with Crippen LogP contribution in [0.4, 0.5) is 13.2 Å². The Morgan fingerprint density at radius 3 is 2.48 bits per heavy atom. The number of aliphatic imine (C=N–C) groups is 1. The number of nitrogens with zero attached hydrogens (tertiary/aromatic N) is 2. The summed E-state index contributed by atoms with van der Waals surface area (Å²) in [6, 6.07) is 6.23. The van der Waals surface area contributed by atoms with E-state index in [-0.39, 0.29) is 30.5 Å². The smallest absolute Gasteiger partial charge is 0.357 e. The second-order valence-corrected chi connectivity index (χ2v) is 6.94. The Balaban J connectivity index is 0.00000364. The highest BCUT2D eigenvalue weighted by Crippen LogP contribution is 2.29. The van der Waals surface area contributed by atoms with Crippen molar-refractivity contribution >= 4 is 29.9 Å². The van der Waals surface area contributed by atoms with Crippen LogP contribution in [0.1, 0.15) is 44.7 Å². The molecule has 4 nitrogen and oxygen atoms in total. The number of piperidine rings is 1. The molecule has 2 N–H and O–H groups in total. The molecule has 0 unspecified atom stereocenters. The maximum absolute atomic E-state index is 12.8. The molecule has 1 aromatic carbocycles. The summed E-state index contributed by atoms with van der Waals surface area (Å²) >= 11 is 0. The van der Waals surface area contributed by atoms with Crippen molar-refractivity contribution in [2.45, 2.75) is 58.4 Å². The van der Waals surface area contributed by atoms with Gasteiger partial charge in [0.05, 0.1) is 12.1 Å². The summed E-state index contributed by atoms with van der Waals surface area (Å²) < 4.78 is 38.5. The summed E-state index contributed by atoms with van der Waals surface area (Å²) in [5, 5.41) is 6.60. The number of hydrogen-bond donors (Lipinski definition) is 2. The average Bonchev–Trinajstić information content (AvgIpc) is 2.60. The lowest BCUT2D eigenvalue weighted by atomic mass is 10.0. The molecule has 1 aliphatic heterocycles. The fourth-order valence-electron chi connectivity index (χ4n) is 3.09. The number of rotatable bonds is 5. The molecule has 1 aromatic rings. The molecule has 8 heteroatoms. The summed E-state index contributed by atoms with van der Waals surface area (Å²) in [5.41, 5.74) is -0.0872. The first kappa shape index (κ1) is 24.0. The molecule has 2 rings (SSSR count). The molecule has 1 fully saturated rings. The Hall–Kier alpha value is -1.03. The van der Waals surface area contributed by atoms with Crippen molar-refractivity contribution in [2.24, 2.45) is 4.99 Å². The molecule has 0 spiro atoms. The third-order valence-corrected chi connectivity index (χ3v) is 4.62. The highest BCUT2D eigenvalue weighted by atomic mass is 127. The van der Waals surface area contributed by atoms with Crippen LogP contribution in [0.5, 0.6) is 0 Å². The van der Waals surface area contributed by atoms with Crippen molar-refractivity contribution in [3.05, 3.63) is 35.4 Å². The second-order valence-electron chi connectivity index (χ2n) is 6.94. The minimum atomic E-state index is -4.33. The molecule has 1 aliphatic rings. The molecule has 0 radical (unpaired) electrons. The lowest BCUT2D eigenvalue weighted by molar-refractivity contribution is -0.137. The second kappa shape index (κ2) is 11.1. The highest BCUT2D eigenvalue weighted by molar-refractivity contribution is 14.0. The van der Waals surface area contributed by atoms with Crippen molar-refractivity contribution in [1.29, 1.82) is 0 Å². The number of halogens is 4. The van der Waals surface area contributed by atoms with E-state index in [1.165, 1.54) is 6.07 Å². The van der Waals surface area contributed by atoms with E-state index in [2.05, 4.69) is 34.4 Å². The van der Waals surface area contributed by atoms with Crippen molar-refractivity contribution in [2.75, 3.05) is 19.6 Å². The third-order valence-electron chi connectivity index (χ3n) is 4.62. The molecular weight excluding hydrogens is 468 g/mol. The number of guanidine groups is 1. The van der Waals surface area contributed by atoms with Gasteiger partial charge in [0.25, 0.3) is 0 Å². The van der Waals surface area contributed by atoms with Gasteiger partial charge in [0.2, 0.25) is 0 Å². The van der Waals surface area contributed by atoms with Gasteiger partial charge in [0.15, 0.2) is 5.96 Å². The van der Waals surface area contributed by atoms with Crippen LogP contribution in [-0.2, 0) is 12.7 Å². The van der Waals surface area contributed by atoms with Gasteiger partial charge in [0.1, 0.15) is 0 Å². The fourth-order valence-corrected chi connectivity index (χ4v) is 3.09. The first-order chi connectivity index (χ1) is 12.3. The predicted molar refractivity (Wildman–Crippen MR) is 115 cm³/mol. The highest BCUT2D eigenvalue weighted by Gasteiger charge is 2.30. The quantitative estimate of drug-likeness (QED) is 0.363. The fraction of sp³-hybridized carbons (Fsp3) is 0.632. The first-order valence-electron chi connectivity index (χ1n) is 9.24. The Morgan fingerprint density at radius 1 is 1.26 bits per heavy atom. The van der Waals surface area contributed by atoms with Crippen LogP contribution >= 0.6 is 24.0 Å². The number of benzene rings is 1. The molecule has 154 valence electrons. The van der Waals surface area contributed by atoms with Gasteiger partial charge in [-0.15, -0.1) is 24.0 Å². The summed E-state index contributed by atoms with van der Waals surface area (Å²) in [7, 11) is 0. The molecule has 27 heavy (non-hydrogen) atoms. The Bertz CT molecular complexity index is 597. The summed E-state index contributed by atoms with van der Waals surface area (Å²) in [6.45, 7) is 9.39. The van der Waals surface area contributed by atoms with E-state index >= 15 is 0 Å². The third kappa shape index (κ3) is 7.85. The van der Waals surface area contributed by atoms with E-state index in [0.717, 1.165) is 38.1 Å². The van der Waals surface area contributed by atoms with Gasteiger partial charge < -0.3 is 15.5 Å². The van der Waals surface area contributed by atoms with E-state index in [4.69, 9.17) is 0 Å². The molecule has 1 heterocycles. The lowest BCUT2D eigenvalue weighted by Crippen LogP contribution is -2.49. The van der Waals surface area contributed by atoms with Gasteiger partial charge in [-0.05, 0) is 51.3 Å². The van der Waals surface area contributed by atoms with Crippen LogP contribution < -0.4 is 10.6 Å². The van der Waals surface area contributed by atoms with Gasteiger partial charge in [-0.25, -0.2) is 4.99 Å². The predicted octanol–water partition coefficient (Wildman–Crippen LogP) is 4.25. The molecule has 0 aromatic heterocycles. The van der Waals surface area contributed by atoms with Crippen molar-refractivity contribution in [1.82, 2.24) is 15.5 Å². The summed E-state index contributed by atoms with van der Waals surface area (Å²) in [6.07, 6.45) is -2.26. The maximum Gasteiger partial charge on any atom is 0.416 e. The zero-order valence-electron chi connectivity index (χ0n) is 16.1. The molecule has 0 amide bonds. The maximum atomic E-state index is 12.8. The molecule has 0 saturated carbocycles. The number of alkyl halides is 3. The van der Waals surface area contributed by atoms with E-state index < -0.39 is 11.7 Å². The Kier molecular flexibility index (Phi) is 9.86. The SMILES string of the molecule is CCNC(=NCc1cccc(C(F)(F)F)c1)NC1CCN(C(C)C)CC1.I. The summed E-state index contributed by atoms with van der Waals surface area (Å²) in [4.78, 5) is 6.92. The van der Waals surface area contributed by atoms with Gasteiger partial charge in [-0.2, -0.15) is 13.2 Å². The number of hydrogen-bond acceptors (Lipinski definition) is 2. The number of nitrogens with one attached hydrogen (secondary N) is 2. The van der Waals surface area contributed by atoms with Gasteiger partial charge in [-0.1, -0.05) is 12.1 Å². The van der Waals surface area contributed by atoms with Gasteiger partial charge in [0, 0.05) is 31.7 Å². The van der Waals surface area contributed by atoms with E-state index in [1.54, 1.807) is 6.07 Å². The van der Waals surface area contributed by atoms with Gasteiger partial charge >= 0.3 is 6.18 Å². The van der Waals surface area contributed by atoms with E-state index in [9.17, 15) is 13.2 Å². The molecule has 0 aliphatic carbocycles. The first-order valence-corrected chi connectivity index (χ1v) is 9.24. The van der Waals surface area contributed by atoms with Crippen LogP contribution in [0.2, 0.25) is 0 Å². The van der Waals surface area contributed by atoms with Crippen LogP contribution in [0.25, 0.3) is 0 Å². The van der Waals surface area contributed by atoms with Crippen LogP contribution in [0, 0.1) is 0 Å². The van der Waals surface area contributed by atoms with Crippen LogP contribution in [-0.4, -0.2) is 42.6 Å². The van der Waals surface area contributed by atoms with Gasteiger partial charge in [-0.3, -0.25) is 0 Å². The Morgan fingerprint density at radius 2 is 1.93 bits per heavy atom. The monoisotopic (exact) mass is 498 g/mol. The van der Waals surface area contributed by atoms with E-state index in [0.29, 0.717) is 30.2 Å².